The molecule has 2 fully saturated rings. The highest BCUT2D eigenvalue weighted by Gasteiger charge is 2.42. The van der Waals surface area contributed by atoms with Gasteiger partial charge in [-0.1, -0.05) is 26.0 Å². The molecule has 2 saturated heterocycles. The van der Waals surface area contributed by atoms with Gasteiger partial charge in [-0.05, 0) is 62.1 Å². The third-order valence-corrected chi connectivity index (χ3v) is 8.69. The fourth-order valence-corrected chi connectivity index (χ4v) is 6.52. The minimum Gasteiger partial charge on any atom is -0.465 e. The first-order valence-corrected chi connectivity index (χ1v) is 14.1. The number of likely N-dealkylation sites (tertiary alicyclic amines) is 1. The van der Waals surface area contributed by atoms with Crippen LogP contribution in [0, 0.1) is 5.82 Å². The molecule has 0 saturated carbocycles. The van der Waals surface area contributed by atoms with E-state index in [2.05, 4.69) is 23.6 Å². The average molecular weight is 556 g/mol. The van der Waals surface area contributed by atoms with Gasteiger partial charge in [-0.3, -0.25) is 19.6 Å². The molecule has 5 rings (SSSR count). The molecule has 0 unspecified atom stereocenters. The van der Waals surface area contributed by atoms with Gasteiger partial charge in [0.05, 0.1) is 17.9 Å². The number of benzene rings is 1. The maximum atomic E-state index is 13.9. The number of carboxylic acid groups (broad SMARTS) is 1. The van der Waals surface area contributed by atoms with Crippen molar-refractivity contribution in [2.75, 3.05) is 50.8 Å². The van der Waals surface area contributed by atoms with E-state index < -0.39 is 12.8 Å². The van der Waals surface area contributed by atoms with E-state index in [-0.39, 0.29) is 48.4 Å². The topological polar surface area (TPSA) is 80.2 Å². The molecular formula is C30H39F2N5O3. The van der Waals surface area contributed by atoms with Gasteiger partial charge in [0.15, 0.2) is 0 Å². The van der Waals surface area contributed by atoms with E-state index in [4.69, 9.17) is 4.98 Å². The molecule has 1 aromatic carbocycles. The monoisotopic (exact) mass is 555 g/mol. The van der Waals surface area contributed by atoms with E-state index >= 15 is 0 Å². The van der Waals surface area contributed by atoms with Gasteiger partial charge in [0.1, 0.15) is 12.5 Å². The molecule has 3 aliphatic rings. The smallest absolute Gasteiger partial charge is 0.407 e. The van der Waals surface area contributed by atoms with Gasteiger partial charge in [-0.25, -0.2) is 13.6 Å². The third-order valence-electron chi connectivity index (χ3n) is 8.69. The molecule has 2 aromatic rings. The van der Waals surface area contributed by atoms with Crippen molar-refractivity contribution < 1.29 is 23.5 Å². The largest absolute Gasteiger partial charge is 0.465 e. The van der Waals surface area contributed by atoms with Gasteiger partial charge in [-0.2, -0.15) is 0 Å². The summed E-state index contributed by atoms with van der Waals surface area (Å²) in [6, 6.07) is 7.78. The molecule has 8 nitrogen and oxygen atoms in total. The van der Waals surface area contributed by atoms with Crippen molar-refractivity contribution in [2.24, 2.45) is 0 Å². The number of halogens is 2. The lowest BCUT2D eigenvalue weighted by atomic mass is 9.91. The molecule has 3 aliphatic heterocycles. The van der Waals surface area contributed by atoms with Crippen LogP contribution in [-0.4, -0.2) is 101 Å². The molecule has 2 amide bonds. The van der Waals surface area contributed by atoms with Crippen molar-refractivity contribution in [3.63, 3.8) is 0 Å². The Labute approximate surface area is 234 Å². The molecule has 4 heterocycles. The highest BCUT2D eigenvalue weighted by Crippen LogP contribution is 2.40. The van der Waals surface area contributed by atoms with Crippen LogP contribution >= 0.6 is 0 Å². The predicted octanol–water partition coefficient (Wildman–Crippen LogP) is 3.92. The lowest BCUT2D eigenvalue weighted by Crippen LogP contribution is -2.63. The van der Waals surface area contributed by atoms with Crippen LogP contribution in [-0.2, 0) is 16.6 Å². The second-order valence-corrected chi connectivity index (χ2v) is 12.2. The summed E-state index contributed by atoms with van der Waals surface area (Å²) in [5, 5.41) is 9.77. The molecule has 0 bridgehead atoms. The number of carbonyl (C=O) groups is 2. The Morgan fingerprint density at radius 1 is 1.10 bits per heavy atom. The Morgan fingerprint density at radius 2 is 1.85 bits per heavy atom. The Balaban J connectivity index is 1.36. The normalized spacial score (nSPS) is 24.9. The van der Waals surface area contributed by atoms with Gasteiger partial charge >= 0.3 is 6.09 Å². The van der Waals surface area contributed by atoms with E-state index in [1.54, 1.807) is 12.1 Å². The number of hydrogen-bond donors (Lipinski definition) is 1. The molecule has 216 valence electrons. The van der Waals surface area contributed by atoms with Crippen LogP contribution in [0.25, 0.3) is 0 Å². The zero-order valence-corrected chi connectivity index (χ0v) is 23.5. The van der Waals surface area contributed by atoms with E-state index in [1.165, 1.54) is 17.0 Å². The van der Waals surface area contributed by atoms with Crippen LogP contribution < -0.4 is 4.90 Å². The Bertz CT molecular complexity index is 1240. The van der Waals surface area contributed by atoms with Crippen LogP contribution in [0.2, 0.25) is 0 Å². The molecular weight excluding hydrogens is 516 g/mol. The first-order valence-electron chi connectivity index (χ1n) is 14.1. The number of pyridine rings is 1. The molecule has 10 heteroatoms. The Kier molecular flexibility index (Phi) is 8.10. The van der Waals surface area contributed by atoms with Crippen molar-refractivity contribution in [2.45, 2.75) is 63.6 Å². The highest BCUT2D eigenvalue weighted by atomic mass is 19.1. The second-order valence-electron chi connectivity index (χ2n) is 12.2. The maximum Gasteiger partial charge on any atom is 0.407 e. The van der Waals surface area contributed by atoms with Gasteiger partial charge < -0.3 is 14.9 Å². The summed E-state index contributed by atoms with van der Waals surface area (Å²) in [4.78, 5) is 38.0. The molecule has 3 atom stereocenters. The number of rotatable bonds is 7. The SMILES string of the molecule is C[C@@H]1CN(CC(=O)N2CC(C)(C)c3ncc(Cc4ccc(F)cc4)cc32)[C@@H](CN2CCC[C@H]2CF)CN1C(=O)O. The minimum atomic E-state index is -0.970. The average Bonchev–Trinajstić information content (AvgIpc) is 3.47. The molecule has 1 N–H and O–H groups in total. The molecule has 40 heavy (non-hydrogen) atoms. The van der Waals surface area contributed by atoms with Gasteiger partial charge in [0.25, 0.3) is 0 Å². The number of aromatic nitrogens is 1. The summed E-state index contributed by atoms with van der Waals surface area (Å²) < 4.78 is 27.0. The Morgan fingerprint density at radius 3 is 2.55 bits per heavy atom. The lowest BCUT2D eigenvalue weighted by Gasteiger charge is -2.45. The summed E-state index contributed by atoms with van der Waals surface area (Å²) in [6.07, 6.45) is 3.16. The van der Waals surface area contributed by atoms with Gasteiger partial charge in [0.2, 0.25) is 5.91 Å². The zero-order valence-electron chi connectivity index (χ0n) is 23.5. The third kappa shape index (κ3) is 5.83. The second kappa shape index (κ2) is 11.4. The first-order chi connectivity index (χ1) is 19.1. The number of alkyl halides is 1. The standard InChI is InChI=1S/C30H39F2N5O3/c1-20-15-35(25(17-36(20)29(39)40)16-34-10-4-5-24(34)13-31)18-27(38)37-19-30(2,3)28-26(37)12-22(14-33-28)11-21-6-8-23(32)9-7-21/h6-9,12,14,20,24-25H,4-5,10-11,13,15-19H2,1-3H3,(H,39,40)/t20-,24+,25+/m1/s1. The van der Waals surface area contributed by atoms with Crippen molar-refractivity contribution in [1.29, 1.82) is 0 Å². The van der Waals surface area contributed by atoms with Crippen molar-refractivity contribution >= 4 is 17.7 Å². The van der Waals surface area contributed by atoms with Crippen molar-refractivity contribution in [3.8, 4) is 0 Å². The molecule has 0 radical (unpaired) electrons. The number of nitrogens with zero attached hydrogens (tertiary/aromatic N) is 5. The number of fused-ring (bicyclic) bond motifs is 1. The summed E-state index contributed by atoms with van der Waals surface area (Å²) in [6.45, 7) is 8.27. The number of amides is 2. The fraction of sp³-hybridized carbons (Fsp3) is 0.567. The van der Waals surface area contributed by atoms with Crippen LogP contribution in [0.4, 0.5) is 19.3 Å². The molecule has 0 spiro atoms. The van der Waals surface area contributed by atoms with E-state index in [0.29, 0.717) is 26.1 Å². The summed E-state index contributed by atoms with van der Waals surface area (Å²) in [7, 11) is 0. The van der Waals surface area contributed by atoms with Crippen LogP contribution in [0.15, 0.2) is 36.5 Å². The van der Waals surface area contributed by atoms with Crippen molar-refractivity contribution in [1.82, 2.24) is 19.7 Å². The van der Waals surface area contributed by atoms with Gasteiger partial charge in [-0.15, -0.1) is 0 Å². The quantitative estimate of drug-likeness (QED) is 0.558. The maximum absolute atomic E-state index is 13.9. The summed E-state index contributed by atoms with van der Waals surface area (Å²) >= 11 is 0. The summed E-state index contributed by atoms with van der Waals surface area (Å²) in [5.74, 6) is -0.340. The number of anilines is 1. The van der Waals surface area contributed by atoms with E-state index in [0.717, 1.165) is 41.9 Å². The number of hydrogen-bond acceptors (Lipinski definition) is 5. The minimum absolute atomic E-state index is 0.0583. The van der Waals surface area contributed by atoms with Crippen LogP contribution in [0.3, 0.4) is 0 Å². The predicted molar refractivity (Wildman–Crippen MR) is 149 cm³/mol. The zero-order chi connectivity index (χ0) is 28.6. The van der Waals surface area contributed by atoms with E-state index in [9.17, 15) is 23.5 Å². The van der Waals surface area contributed by atoms with Crippen LogP contribution in [0.1, 0.15) is 50.4 Å². The number of piperazine rings is 1. The highest BCUT2D eigenvalue weighted by molar-refractivity contribution is 5.97. The molecule has 1 aromatic heterocycles. The lowest BCUT2D eigenvalue weighted by molar-refractivity contribution is -0.121. The van der Waals surface area contributed by atoms with Crippen molar-refractivity contribution in [3.05, 3.63) is 59.2 Å². The number of carbonyl (C=O) groups excluding carboxylic acids is 1. The van der Waals surface area contributed by atoms with Gasteiger partial charge in [0, 0.05) is 55.9 Å². The van der Waals surface area contributed by atoms with Crippen LogP contribution in [0.5, 0.6) is 0 Å². The molecule has 0 aliphatic carbocycles. The first kappa shape index (κ1) is 28.4. The summed E-state index contributed by atoms with van der Waals surface area (Å²) in [5.41, 5.74) is 3.24. The Hall–Kier alpha value is -3.11. The fourth-order valence-electron chi connectivity index (χ4n) is 6.52. The van der Waals surface area contributed by atoms with E-state index in [1.807, 2.05) is 24.1 Å².